The molecule has 0 fully saturated rings. The molecule has 136 valence electrons. The molecule has 0 radical (unpaired) electrons. The summed E-state index contributed by atoms with van der Waals surface area (Å²) in [5, 5.41) is 4.61. The fourth-order valence-corrected chi connectivity index (χ4v) is 3.05. The molecule has 0 aliphatic carbocycles. The first-order valence-corrected chi connectivity index (χ1v) is 9.01. The predicted molar refractivity (Wildman–Crippen MR) is 98.1 cm³/mol. The van der Waals surface area contributed by atoms with E-state index in [1.54, 1.807) is 24.3 Å². The average molecular weight is 425 g/mol. The summed E-state index contributed by atoms with van der Waals surface area (Å²) in [4.78, 5) is 0. The minimum Gasteiger partial charge on any atom is -0.497 e. The van der Waals surface area contributed by atoms with Crippen molar-refractivity contribution in [3.8, 4) is 22.7 Å². The molecule has 1 heterocycles. The second-order valence-electron chi connectivity index (χ2n) is 5.66. The molecule has 0 bridgehead atoms. The van der Waals surface area contributed by atoms with E-state index in [0.29, 0.717) is 22.7 Å². The molecule has 3 nitrogen and oxygen atoms in total. The third-order valence-corrected chi connectivity index (χ3v) is 4.35. The molecule has 0 spiro atoms. The Bertz CT molecular complexity index is 871. The minimum atomic E-state index is -4.51. The molecule has 0 aliphatic heterocycles. The van der Waals surface area contributed by atoms with Crippen molar-refractivity contribution in [3.05, 3.63) is 65.9 Å². The lowest BCUT2D eigenvalue weighted by Crippen LogP contribution is -2.07. The fourth-order valence-electron chi connectivity index (χ4n) is 2.60. The molecule has 1 aromatic heterocycles. The van der Waals surface area contributed by atoms with Crippen LogP contribution in [-0.4, -0.2) is 22.2 Å². The van der Waals surface area contributed by atoms with Gasteiger partial charge in [-0.1, -0.05) is 40.2 Å². The van der Waals surface area contributed by atoms with Crippen molar-refractivity contribution >= 4 is 15.9 Å². The van der Waals surface area contributed by atoms with Gasteiger partial charge < -0.3 is 4.74 Å². The Hall–Kier alpha value is -2.28. The molecule has 7 heteroatoms. The van der Waals surface area contributed by atoms with Gasteiger partial charge in [0.1, 0.15) is 5.75 Å². The summed E-state index contributed by atoms with van der Waals surface area (Å²) >= 11 is 3.38. The largest absolute Gasteiger partial charge is 0.497 e. The molecule has 0 aliphatic rings. The number of nitrogens with zero attached hydrogens (tertiary/aromatic N) is 2. The van der Waals surface area contributed by atoms with Crippen LogP contribution in [0.1, 0.15) is 11.3 Å². The molecular weight excluding hydrogens is 409 g/mol. The Labute approximate surface area is 157 Å². The first-order chi connectivity index (χ1) is 12.4. The van der Waals surface area contributed by atoms with Gasteiger partial charge in [0.15, 0.2) is 5.69 Å². The maximum Gasteiger partial charge on any atom is 0.435 e. The van der Waals surface area contributed by atoms with Crippen molar-refractivity contribution in [2.45, 2.75) is 12.6 Å². The minimum absolute atomic E-state index is 0.382. The number of rotatable bonds is 5. The van der Waals surface area contributed by atoms with Crippen LogP contribution in [0, 0.1) is 0 Å². The lowest BCUT2D eigenvalue weighted by Gasteiger charge is -2.09. The Morgan fingerprint density at radius 3 is 2.23 bits per heavy atom. The zero-order valence-electron chi connectivity index (χ0n) is 13.9. The standard InChI is InChI=1S/C19H16BrF3N2O/c1-26-16-8-6-15(7-9-16)25-17(12-18(24-25)19(21,22)23)14-4-2-13(3-5-14)10-11-20/h2-9,12H,10-11H2,1H3. The van der Waals surface area contributed by atoms with Crippen LogP contribution in [0.3, 0.4) is 0 Å². The third-order valence-electron chi connectivity index (χ3n) is 3.95. The second-order valence-corrected chi connectivity index (χ2v) is 6.45. The fraction of sp³-hybridized carbons (Fsp3) is 0.211. The summed E-state index contributed by atoms with van der Waals surface area (Å²) < 4.78 is 46.0. The molecule has 0 amide bonds. The lowest BCUT2D eigenvalue weighted by atomic mass is 10.1. The van der Waals surface area contributed by atoms with E-state index < -0.39 is 11.9 Å². The zero-order valence-corrected chi connectivity index (χ0v) is 15.5. The first kappa shape index (κ1) is 18.5. The Morgan fingerprint density at radius 1 is 1.04 bits per heavy atom. The smallest absolute Gasteiger partial charge is 0.435 e. The number of aryl methyl sites for hydroxylation is 1. The Balaban J connectivity index is 2.08. The number of benzene rings is 2. The molecule has 0 atom stereocenters. The number of methoxy groups -OCH3 is 1. The average Bonchev–Trinajstić information content (AvgIpc) is 3.08. The molecular formula is C19H16BrF3N2O. The van der Waals surface area contributed by atoms with Crippen LogP contribution in [0.25, 0.3) is 16.9 Å². The summed E-state index contributed by atoms with van der Waals surface area (Å²) in [6.45, 7) is 0. The van der Waals surface area contributed by atoms with Crippen LogP contribution in [-0.2, 0) is 12.6 Å². The van der Waals surface area contributed by atoms with E-state index >= 15 is 0 Å². The van der Waals surface area contributed by atoms with Crippen LogP contribution in [0.2, 0.25) is 0 Å². The number of hydrogen-bond acceptors (Lipinski definition) is 2. The normalized spacial score (nSPS) is 11.6. The van der Waals surface area contributed by atoms with Crippen LogP contribution in [0.5, 0.6) is 5.75 Å². The highest BCUT2D eigenvalue weighted by atomic mass is 79.9. The highest BCUT2D eigenvalue weighted by Gasteiger charge is 2.35. The highest BCUT2D eigenvalue weighted by molar-refractivity contribution is 9.09. The van der Waals surface area contributed by atoms with Crippen molar-refractivity contribution in [2.75, 3.05) is 12.4 Å². The first-order valence-electron chi connectivity index (χ1n) is 7.89. The highest BCUT2D eigenvalue weighted by Crippen LogP contribution is 2.33. The molecule has 3 aromatic rings. The van der Waals surface area contributed by atoms with Gasteiger partial charge in [-0.05, 0) is 42.3 Å². The van der Waals surface area contributed by atoms with E-state index in [-0.39, 0.29) is 0 Å². The van der Waals surface area contributed by atoms with Crippen molar-refractivity contribution in [3.63, 3.8) is 0 Å². The number of halogens is 4. The van der Waals surface area contributed by atoms with Gasteiger partial charge in [-0.25, -0.2) is 4.68 Å². The second kappa shape index (κ2) is 7.53. The monoisotopic (exact) mass is 424 g/mol. The third kappa shape index (κ3) is 3.93. The number of hydrogen-bond donors (Lipinski definition) is 0. The summed E-state index contributed by atoms with van der Waals surface area (Å²) in [5.41, 5.74) is 1.76. The number of ether oxygens (including phenoxy) is 1. The molecule has 0 saturated carbocycles. The topological polar surface area (TPSA) is 27.1 Å². The van der Waals surface area contributed by atoms with E-state index in [2.05, 4.69) is 21.0 Å². The van der Waals surface area contributed by atoms with Crippen LogP contribution in [0.4, 0.5) is 13.2 Å². The lowest BCUT2D eigenvalue weighted by molar-refractivity contribution is -0.141. The van der Waals surface area contributed by atoms with Gasteiger partial charge in [0.25, 0.3) is 0 Å². The van der Waals surface area contributed by atoms with Gasteiger partial charge in [-0.2, -0.15) is 18.3 Å². The van der Waals surface area contributed by atoms with Gasteiger partial charge in [0, 0.05) is 10.9 Å². The summed E-state index contributed by atoms with van der Waals surface area (Å²) in [6.07, 6.45) is -3.66. The van der Waals surface area contributed by atoms with Gasteiger partial charge in [0.2, 0.25) is 0 Å². The van der Waals surface area contributed by atoms with Crippen molar-refractivity contribution in [1.82, 2.24) is 9.78 Å². The molecule has 26 heavy (non-hydrogen) atoms. The predicted octanol–water partition coefficient (Wildman–Crippen LogP) is 5.50. The van der Waals surface area contributed by atoms with Crippen LogP contribution in [0.15, 0.2) is 54.6 Å². The van der Waals surface area contributed by atoms with Crippen LogP contribution >= 0.6 is 15.9 Å². The van der Waals surface area contributed by atoms with Gasteiger partial charge in [-0.3, -0.25) is 0 Å². The molecule has 0 unspecified atom stereocenters. The van der Waals surface area contributed by atoms with Gasteiger partial charge in [-0.15, -0.1) is 0 Å². The summed E-state index contributed by atoms with van der Waals surface area (Å²) in [5.74, 6) is 0.623. The van der Waals surface area contributed by atoms with E-state index in [0.717, 1.165) is 23.4 Å². The maximum absolute atomic E-state index is 13.2. The van der Waals surface area contributed by atoms with E-state index in [9.17, 15) is 13.2 Å². The molecule has 2 aromatic carbocycles. The van der Waals surface area contributed by atoms with E-state index in [1.165, 1.54) is 11.8 Å². The van der Waals surface area contributed by atoms with E-state index in [4.69, 9.17) is 4.74 Å². The molecule has 0 N–H and O–H groups in total. The number of alkyl halides is 4. The van der Waals surface area contributed by atoms with Gasteiger partial charge >= 0.3 is 6.18 Å². The summed E-state index contributed by atoms with van der Waals surface area (Å²) in [6, 6.07) is 15.3. The van der Waals surface area contributed by atoms with Crippen molar-refractivity contribution < 1.29 is 17.9 Å². The van der Waals surface area contributed by atoms with Gasteiger partial charge in [0.05, 0.1) is 18.5 Å². The van der Waals surface area contributed by atoms with E-state index in [1.807, 2.05) is 24.3 Å². The molecule has 3 rings (SSSR count). The Kier molecular flexibility index (Phi) is 5.36. The summed E-state index contributed by atoms with van der Waals surface area (Å²) in [7, 11) is 1.53. The number of aromatic nitrogens is 2. The maximum atomic E-state index is 13.2. The van der Waals surface area contributed by atoms with Crippen molar-refractivity contribution in [1.29, 1.82) is 0 Å². The SMILES string of the molecule is COc1ccc(-n2nc(C(F)(F)F)cc2-c2ccc(CCBr)cc2)cc1. The Morgan fingerprint density at radius 2 is 1.69 bits per heavy atom. The van der Waals surface area contributed by atoms with Crippen LogP contribution < -0.4 is 4.74 Å². The zero-order chi connectivity index (χ0) is 18.7. The quantitative estimate of drug-likeness (QED) is 0.505. The van der Waals surface area contributed by atoms with Crippen molar-refractivity contribution in [2.24, 2.45) is 0 Å². The molecule has 0 saturated heterocycles.